The van der Waals surface area contributed by atoms with Gasteiger partial charge in [0.05, 0.1) is 23.3 Å². The number of rotatable bonds is 9. The Balaban J connectivity index is 1.68. The van der Waals surface area contributed by atoms with Crippen LogP contribution in [0.2, 0.25) is 0 Å². The molecule has 0 bridgehead atoms. The van der Waals surface area contributed by atoms with Crippen LogP contribution in [0.3, 0.4) is 0 Å². The van der Waals surface area contributed by atoms with Crippen LogP contribution in [-0.4, -0.2) is 41.3 Å². The number of benzene rings is 2. The van der Waals surface area contributed by atoms with Gasteiger partial charge in [-0.3, -0.25) is 25.0 Å². The van der Waals surface area contributed by atoms with E-state index in [2.05, 4.69) is 20.4 Å². The number of carbonyl (C=O) groups excluding carboxylic acids is 3. The second-order valence-corrected chi connectivity index (χ2v) is 8.15. The fourth-order valence-electron chi connectivity index (χ4n) is 3.12. The predicted molar refractivity (Wildman–Crippen MR) is 127 cm³/mol. The molecule has 176 valence electrons. The molecule has 1 heterocycles. The number of amides is 2. The molecule has 0 fully saturated rings. The summed E-state index contributed by atoms with van der Waals surface area (Å²) in [5.74, 6) is -1.46. The third-order valence-electron chi connectivity index (χ3n) is 4.80. The second kappa shape index (κ2) is 11.1. The van der Waals surface area contributed by atoms with Gasteiger partial charge >= 0.3 is 5.97 Å². The molecule has 0 saturated heterocycles. The fraction of sp³-hybridized carbons (Fsp3) is 0.217. The highest BCUT2D eigenvalue weighted by atomic mass is 32.1. The first-order valence-electron chi connectivity index (χ1n) is 10.2. The number of methoxy groups -OCH3 is 1. The summed E-state index contributed by atoms with van der Waals surface area (Å²) in [6, 6.07) is 11.2. The van der Waals surface area contributed by atoms with E-state index in [0.29, 0.717) is 17.4 Å². The summed E-state index contributed by atoms with van der Waals surface area (Å²) in [5, 5.41) is 18.7. The second-order valence-electron chi connectivity index (χ2n) is 7.29. The number of esters is 1. The topological polar surface area (TPSA) is 141 Å². The van der Waals surface area contributed by atoms with Gasteiger partial charge in [0, 0.05) is 42.1 Å². The molecule has 0 spiro atoms. The van der Waals surface area contributed by atoms with E-state index in [1.54, 1.807) is 5.38 Å². The predicted octanol–water partition coefficient (Wildman–Crippen LogP) is 3.83. The summed E-state index contributed by atoms with van der Waals surface area (Å²) in [6.45, 7) is 2.11. The smallest absolute Gasteiger partial charge is 0.338 e. The van der Waals surface area contributed by atoms with Crippen molar-refractivity contribution in [1.82, 2.24) is 10.3 Å². The van der Waals surface area contributed by atoms with Gasteiger partial charge in [0.2, 0.25) is 5.91 Å². The SMILES string of the molecule is COC(=O)c1cc(C(=O)Nc2nc(-c3ccc(CCCNC(C)=O)cc3)cs2)cc([N+](=O)[O-])c1. The number of ether oxygens (including phenoxy) is 1. The molecule has 0 aliphatic rings. The molecule has 3 rings (SSSR count). The highest BCUT2D eigenvalue weighted by Crippen LogP contribution is 2.26. The van der Waals surface area contributed by atoms with Gasteiger partial charge in [0.1, 0.15) is 0 Å². The molecule has 34 heavy (non-hydrogen) atoms. The lowest BCUT2D eigenvalue weighted by Crippen LogP contribution is -2.21. The summed E-state index contributed by atoms with van der Waals surface area (Å²) < 4.78 is 4.60. The number of nitro benzene ring substituents is 1. The average molecular weight is 483 g/mol. The molecule has 0 unspecified atom stereocenters. The van der Waals surface area contributed by atoms with E-state index in [0.717, 1.165) is 43.2 Å². The minimum absolute atomic E-state index is 0.0452. The van der Waals surface area contributed by atoms with Crippen LogP contribution in [0.1, 0.15) is 39.6 Å². The number of anilines is 1. The molecule has 1 aromatic heterocycles. The largest absolute Gasteiger partial charge is 0.465 e. The minimum Gasteiger partial charge on any atom is -0.465 e. The molecule has 2 aromatic carbocycles. The number of aromatic nitrogens is 1. The Hall–Kier alpha value is -4.12. The lowest BCUT2D eigenvalue weighted by Gasteiger charge is -2.05. The van der Waals surface area contributed by atoms with E-state index in [4.69, 9.17) is 0 Å². The maximum absolute atomic E-state index is 12.7. The zero-order chi connectivity index (χ0) is 24.7. The van der Waals surface area contributed by atoms with Gasteiger partial charge in [0.15, 0.2) is 5.13 Å². The lowest BCUT2D eigenvalue weighted by atomic mass is 10.1. The lowest BCUT2D eigenvalue weighted by molar-refractivity contribution is -0.384. The van der Waals surface area contributed by atoms with Crippen LogP contribution in [0.4, 0.5) is 10.8 Å². The van der Waals surface area contributed by atoms with Gasteiger partial charge in [-0.25, -0.2) is 9.78 Å². The molecule has 3 aromatic rings. The summed E-state index contributed by atoms with van der Waals surface area (Å²) in [6.07, 6.45) is 1.66. The molecule has 10 nitrogen and oxygen atoms in total. The fourth-order valence-corrected chi connectivity index (χ4v) is 3.83. The third kappa shape index (κ3) is 6.45. The molecule has 11 heteroatoms. The van der Waals surface area contributed by atoms with Crippen molar-refractivity contribution in [3.8, 4) is 11.3 Å². The van der Waals surface area contributed by atoms with Crippen LogP contribution >= 0.6 is 11.3 Å². The summed E-state index contributed by atoms with van der Waals surface area (Å²) in [5.41, 5.74) is 2.11. The van der Waals surface area contributed by atoms with E-state index >= 15 is 0 Å². The van der Waals surface area contributed by atoms with Crippen LogP contribution in [0, 0.1) is 10.1 Å². The molecule has 0 aliphatic heterocycles. The Morgan fingerprint density at radius 3 is 2.47 bits per heavy atom. The highest BCUT2D eigenvalue weighted by Gasteiger charge is 2.19. The maximum atomic E-state index is 12.7. The zero-order valence-corrected chi connectivity index (χ0v) is 19.3. The van der Waals surface area contributed by atoms with E-state index < -0.39 is 22.5 Å². The monoisotopic (exact) mass is 482 g/mol. The maximum Gasteiger partial charge on any atom is 0.338 e. The van der Waals surface area contributed by atoms with Crippen LogP contribution in [0.25, 0.3) is 11.3 Å². The van der Waals surface area contributed by atoms with Crippen LogP contribution in [0.15, 0.2) is 47.8 Å². The first-order chi connectivity index (χ1) is 16.3. The van der Waals surface area contributed by atoms with Crippen molar-refractivity contribution in [2.45, 2.75) is 19.8 Å². The molecular weight excluding hydrogens is 460 g/mol. The van der Waals surface area contributed by atoms with Crippen LogP contribution in [-0.2, 0) is 16.0 Å². The number of non-ortho nitro benzene ring substituents is 1. The summed E-state index contributed by atoms with van der Waals surface area (Å²) in [7, 11) is 1.15. The standard InChI is InChI=1S/C23H22N4O6S/c1-14(28)24-9-3-4-15-5-7-16(8-6-15)20-13-34-23(25-20)26-21(29)17-10-18(22(30)33-2)12-19(11-17)27(31)32/h5-8,10-13H,3-4,9H2,1-2H3,(H,24,28)(H,25,26,29). The van der Waals surface area contributed by atoms with Crippen molar-refractivity contribution in [2.24, 2.45) is 0 Å². The molecule has 2 N–H and O–H groups in total. The minimum atomic E-state index is -0.784. The normalized spacial score (nSPS) is 10.4. The van der Waals surface area contributed by atoms with Gasteiger partial charge in [0.25, 0.3) is 11.6 Å². The number of thiazole rings is 1. The Bertz CT molecular complexity index is 1220. The van der Waals surface area contributed by atoms with Crippen molar-refractivity contribution in [3.63, 3.8) is 0 Å². The van der Waals surface area contributed by atoms with Gasteiger partial charge in [-0.2, -0.15) is 0 Å². The molecule has 2 amide bonds. The highest BCUT2D eigenvalue weighted by molar-refractivity contribution is 7.14. The number of hydrogen-bond donors (Lipinski definition) is 2. The van der Waals surface area contributed by atoms with Gasteiger partial charge in [-0.15, -0.1) is 11.3 Å². The van der Waals surface area contributed by atoms with Crippen molar-refractivity contribution >= 4 is 39.9 Å². The number of nitro groups is 1. The number of nitrogens with one attached hydrogen (secondary N) is 2. The summed E-state index contributed by atoms with van der Waals surface area (Å²) >= 11 is 1.21. The number of aryl methyl sites for hydroxylation is 1. The molecule has 0 atom stereocenters. The Kier molecular flexibility index (Phi) is 8.04. The van der Waals surface area contributed by atoms with Crippen LogP contribution < -0.4 is 10.6 Å². The number of hydrogen-bond acceptors (Lipinski definition) is 8. The van der Waals surface area contributed by atoms with E-state index in [1.807, 2.05) is 24.3 Å². The first kappa shape index (κ1) is 24.5. The van der Waals surface area contributed by atoms with Gasteiger partial charge < -0.3 is 10.1 Å². The Labute approximate surface area is 199 Å². The number of nitrogens with zero attached hydrogens (tertiary/aromatic N) is 2. The molecular formula is C23H22N4O6S. The van der Waals surface area contributed by atoms with Crippen LogP contribution in [0.5, 0.6) is 0 Å². The third-order valence-corrected chi connectivity index (χ3v) is 5.56. The molecule has 0 aliphatic carbocycles. The van der Waals surface area contributed by atoms with E-state index in [1.165, 1.54) is 24.3 Å². The first-order valence-corrected chi connectivity index (χ1v) is 11.1. The van der Waals surface area contributed by atoms with Crippen molar-refractivity contribution in [2.75, 3.05) is 19.0 Å². The molecule has 0 radical (unpaired) electrons. The quantitative estimate of drug-likeness (QED) is 0.204. The van der Waals surface area contributed by atoms with Gasteiger partial charge in [-0.05, 0) is 24.5 Å². The zero-order valence-electron chi connectivity index (χ0n) is 18.5. The Morgan fingerprint density at radius 1 is 1.12 bits per heavy atom. The summed E-state index contributed by atoms with van der Waals surface area (Å²) in [4.78, 5) is 50.3. The van der Waals surface area contributed by atoms with Crippen molar-refractivity contribution < 1.29 is 24.0 Å². The Morgan fingerprint density at radius 2 is 1.82 bits per heavy atom. The van der Waals surface area contributed by atoms with E-state index in [9.17, 15) is 24.5 Å². The van der Waals surface area contributed by atoms with Crippen molar-refractivity contribution in [3.05, 3.63) is 74.6 Å². The number of carbonyl (C=O) groups is 3. The average Bonchev–Trinajstić information content (AvgIpc) is 3.29. The van der Waals surface area contributed by atoms with E-state index in [-0.39, 0.29) is 17.0 Å². The molecule has 0 saturated carbocycles. The van der Waals surface area contributed by atoms with Crippen molar-refractivity contribution in [1.29, 1.82) is 0 Å². The van der Waals surface area contributed by atoms with Gasteiger partial charge in [-0.1, -0.05) is 24.3 Å².